The van der Waals surface area contributed by atoms with Gasteiger partial charge >= 0.3 is 5.97 Å². The summed E-state index contributed by atoms with van der Waals surface area (Å²) >= 11 is 0. The Bertz CT molecular complexity index is 580. The molecule has 0 aliphatic heterocycles. The fourth-order valence-electron chi connectivity index (χ4n) is 1.67. The molecular weight excluding hydrogens is 232 g/mol. The third-order valence-electron chi connectivity index (χ3n) is 2.47. The maximum atomic E-state index is 11.3. The molecule has 4 nitrogen and oxygen atoms in total. The highest BCUT2D eigenvalue weighted by atomic mass is 16.5. The molecule has 4 heteroatoms. The van der Waals surface area contributed by atoms with Gasteiger partial charge < -0.3 is 13.9 Å². The first-order valence-electron chi connectivity index (χ1n) is 5.64. The molecule has 0 atom stereocenters. The van der Waals surface area contributed by atoms with Gasteiger partial charge in [0.2, 0.25) is 0 Å². The third kappa shape index (κ3) is 2.53. The summed E-state index contributed by atoms with van der Waals surface area (Å²) in [6, 6.07) is 5.53. The number of methoxy groups -OCH3 is 1. The van der Waals surface area contributed by atoms with Crippen LogP contribution in [-0.2, 0) is 9.53 Å². The molecule has 0 spiro atoms. The average Bonchev–Trinajstić information content (AvgIpc) is 2.84. The van der Waals surface area contributed by atoms with Crippen LogP contribution in [0.25, 0.3) is 17.0 Å². The maximum absolute atomic E-state index is 11.3. The second kappa shape index (κ2) is 5.40. The van der Waals surface area contributed by atoms with Gasteiger partial charge in [-0.1, -0.05) is 0 Å². The maximum Gasteiger partial charge on any atom is 0.330 e. The van der Waals surface area contributed by atoms with Gasteiger partial charge in [-0.3, -0.25) is 0 Å². The number of ether oxygens (including phenoxy) is 2. The first-order valence-corrected chi connectivity index (χ1v) is 5.64. The van der Waals surface area contributed by atoms with Gasteiger partial charge in [-0.25, -0.2) is 4.79 Å². The average molecular weight is 246 g/mol. The second-order valence-electron chi connectivity index (χ2n) is 3.64. The number of hydrogen-bond donors (Lipinski definition) is 0. The predicted octanol–water partition coefficient (Wildman–Crippen LogP) is 3.02. The number of fused-ring (bicyclic) bond motifs is 1. The molecule has 94 valence electrons. The summed E-state index contributed by atoms with van der Waals surface area (Å²) in [5.41, 5.74) is 1.50. The second-order valence-corrected chi connectivity index (χ2v) is 3.64. The van der Waals surface area contributed by atoms with E-state index < -0.39 is 0 Å². The van der Waals surface area contributed by atoms with Crippen molar-refractivity contribution in [3.63, 3.8) is 0 Å². The molecule has 1 aromatic carbocycles. The normalized spacial score (nSPS) is 11.0. The van der Waals surface area contributed by atoms with E-state index in [2.05, 4.69) is 0 Å². The Morgan fingerprint density at radius 3 is 3.00 bits per heavy atom. The topological polar surface area (TPSA) is 48.7 Å². The molecule has 2 rings (SSSR count). The van der Waals surface area contributed by atoms with Crippen molar-refractivity contribution in [1.82, 2.24) is 0 Å². The lowest BCUT2D eigenvalue weighted by molar-refractivity contribution is -0.137. The fraction of sp³-hybridized carbons (Fsp3) is 0.214. The van der Waals surface area contributed by atoms with E-state index in [-0.39, 0.29) is 5.97 Å². The van der Waals surface area contributed by atoms with Crippen LogP contribution in [0.15, 0.2) is 35.0 Å². The van der Waals surface area contributed by atoms with E-state index in [0.717, 1.165) is 16.5 Å². The van der Waals surface area contributed by atoms with Gasteiger partial charge in [0.15, 0.2) is 0 Å². The van der Waals surface area contributed by atoms with Crippen LogP contribution in [0.5, 0.6) is 5.75 Å². The van der Waals surface area contributed by atoms with Gasteiger partial charge in [0.1, 0.15) is 11.3 Å². The van der Waals surface area contributed by atoms with Crippen molar-refractivity contribution < 1.29 is 18.7 Å². The molecule has 0 N–H and O–H groups in total. The number of carbonyl (C=O) groups excluding carboxylic acids is 1. The zero-order valence-electron chi connectivity index (χ0n) is 10.3. The summed E-state index contributed by atoms with van der Waals surface area (Å²) in [5.74, 6) is 0.340. The molecule has 0 aliphatic carbocycles. The van der Waals surface area contributed by atoms with Crippen molar-refractivity contribution >= 4 is 23.0 Å². The summed E-state index contributed by atoms with van der Waals surface area (Å²) in [4.78, 5) is 11.3. The van der Waals surface area contributed by atoms with E-state index in [4.69, 9.17) is 13.9 Å². The Kier molecular flexibility index (Phi) is 3.67. The lowest BCUT2D eigenvalue weighted by atomic mass is 10.1. The SMILES string of the molecule is CCOC(=O)/C=C/c1cc(OC)cc2ccoc12. The highest BCUT2D eigenvalue weighted by Crippen LogP contribution is 2.27. The van der Waals surface area contributed by atoms with Crippen molar-refractivity contribution in [1.29, 1.82) is 0 Å². The highest BCUT2D eigenvalue weighted by Gasteiger charge is 2.06. The van der Waals surface area contributed by atoms with Gasteiger partial charge in [-0.2, -0.15) is 0 Å². The van der Waals surface area contributed by atoms with Crippen LogP contribution in [0.4, 0.5) is 0 Å². The van der Waals surface area contributed by atoms with Crippen molar-refractivity contribution in [2.24, 2.45) is 0 Å². The first-order chi connectivity index (χ1) is 8.74. The van der Waals surface area contributed by atoms with Crippen molar-refractivity contribution in [2.75, 3.05) is 13.7 Å². The summed E-state index contributed by atoms with van der Waals surface area (Å²) in [7, 11) is 1.60. The monoisotopic (exact) mass is 246 g/mol. The van der Waals surface area contributed by atoms with Crippen molar-refractivity contribution in [2.45, 2.75) is 6.92 Å². The number of benzene rings is 1. The minimum absolute atomic E-state index is 0.359. The first kappa shape index (κ1) is 12.2. The number of rotatable bonds is 4. The number of hydrogen-bond acceptors (Lipinski definition) is 4. The molecule has 0 saturated carbocycles. The molecule has 0 aliphatic rings. The Hall–Kier alpha value is -2.23. The van der Waals surface area contributed by atoms with Crippen LogP contribution in [0.3, 0.4) is 0 Å². The summed E-state index contributed by atoms with van der Waals surface area (Å²) in [6.45, 7) is 2.12. The zero-order valence-corrected chi connectivity index (χ0v) is 10.3. The number of carbonyl (C=O) groups is 1. The largest absolute Gasteiger partial charge is 0.497 e. The molecule has 0 saturated heterocycles. The molecule has 0 unspecified atom stereocenters. The smallest absolute Gasteiger partial charge is 0.330 e. The molecule has 0 radical (unpaired) electrons. The Morgan fingerprint density at radius 2 is 2.28 bits per heavy atom. The number of esters is 1. The minimum atomic E-state index is -0.375. The molecular formula is C14H14O4. The van der Waals surface area contributed by atoms with Crippen molar-refractivity contribution in [3.8, 4) is 5.75 Å². The van der Waals surface area contributed by atoms with Crippen LogP contribution in [-0.4, -0.2) is 19.7 Å². The quantitative estimate of drug-likeness (QED) is 0.614. The van der Waals surface area contributed by atoms with Crippen LogP contribution in [0, 0.1) is 0 Å². The van der Waals surface area contributed by atoms with Crippen molar-refractivity contribution in [3.05, 3.63) is 36.1 Å². The van der Waals surface area contributed by atoms with Crippen LogP contribution in [0.1, 0.15) is 12.5 Å². The fourth-order valence-corrected chi connectivity index (χ4v) is 1.67. The van der Waals surface area contributed by atoms with E-state index in [0.29, 0.717) is 12.4 Å². The molecule has 0 bridgehead atoms. The zero-order chi connectivity index (χ0) is 13.0. The Balaban J connectivity index is 2.36. The molecule has 0 fully saturated rings. The van der Waals surface area contributed by atoms with E-state index in [1.54, 1.807) is 26.4 Å². The predicted molar refractivity (Wildman–Crippen MR) is 68.4 cm³/mol. The Morgan fingerprint density at radius 1 is 1.44 bits per heavy atom. The molecule has 0 amide bonds. The highest BCUT2D eigenvalue weighted by molar-refractivity contribution is 5.93. The van der Waals surface area contributed by atoms with Gasteiger partial charge in [0.05, 0.1) is 20.0 Å². The summed E-state index contributed by atoms with van der Waals surface area (Å²) in [6.07, 6.45) is 4.64. The summed E-state index contributed by atoms with van der Waals surface area (Å²) < 4.78 is 15.4. The summed E-state index contributed by atoms with van der Waals surface area (Å²) in [5, 5.41) is 0.929. The lowest BCUT2D eigenvalue weighted by Gasteiger charge is -2.02. The van der Waals surface area contributed by atoms with Gasteiger partial charge in [0, 0.05) is 17.0 Å². The van der Waals surface area contributed by atoms with Gasteiger partial charge in [-0.05, 0) is 31.2 Å². The van der Waals surface area contributed by atoms with Crippen LogP contribution < -0.4 is 4.74 Å². The Labute approximate surface area is 105 Å². The third-order valence-corrected chi connectivity index (χ3v) is 2.47. The van der Waals surface area contributed by atoms with Crippen LogP contribution in [0.2, 0.25) is 0 Å². The standard InChI is InChI=1S/C14H14O4/c1-3-17-13(15)5-4-10-8-12(16-2)9-11-6-7-18-14(10)11/h4-9H,3H2,1-2H3/b5-4+. The lowest BCUT2D eigenvalue weighted by Crippen LogP contribution is -1.98. The molecule has 1 aromatic heterocycles. The van der Waals surface area contributed by atoms with E-state index >= 15 is 0 Å². The van der Waals surface area contributed by atoms with Gasteiger partial charge in [-0.15, -0.1) is 0 Å². The van der Waals surface area contributed by atoms with E-state index in [9.17, 15) is 4.79 Å². The minimum Gasteiger partial charge on any atom is -0.497 e. The van der Waals surface area contributed by atoms with E-state index in [1.165, 1.54) is 6.08 Å². The molecule has 2 aromatic rings. The number of furan rings is 1. The van der Waals surface area contributed by atoms with Gasteiger partial charge in [0.25, 0.3) is 0 Å². The molecule has 18 heavy (non-hydrogen) atoms. The van der Waals surface area contributed by atoms with Crippen LogP contribution >= 0.6 is 0 Å². The molecule has 1 heterocycles. The van der Waals surface area contributed by atoms with E-state index in [1.807, 2.05) is 18.2 Å².